The zero-order valence-electron chi connectivity index (χ0n) is 19.6. The Morgan fingerprint density at radius 3 is 2.17 bits per heavy atom. The highest BCUT2D eigenvalue weighted by Gasteiger charge is 2.35. The number of phenols is 1. The SMILES string of the molecule is COc1ccc(CN2C(=O)c3ccccc3C2=O)cc1C(=O)NCCCNC(=O)c1cccc(O)c1. The lowest BCUT2D eigenvalue weighted by atomic mass is 10.1. The maximum Gasteiger partial charge on any atom is 0.261 e. The Morgan fingerprint density at radius 1 is 0.861 bits per heavy atom. The second kappa shape index (κ2) is 10.7. The maximum atomic E-state index is 12.8. The van der Waals surface area contributed by atoms with Gasteiger partial charge in [-0.05, 0) is 54.4 Å². The van der Waals surface area contributed by atoms with Crippen LogP contribution < -0.4 is 15.4 Å². The summed E-state index contributed by atoms with van der Waals surface area (Å²) in [6.07, 6.45) is 0.480. The lowest BCUT2D eigenvalue weighted by Gasteiger charge is -2.16. The van der Waals surface area contributed by atoms with E-state index in [2.05, 4.69) is 10.6 Å². The van der Waals surface area contributed by atoms with E-state index >= 15 is 0 Å². The van der Waals surface area contributed by atoms with Gasteiger partial charge in [-0.3, -0.25) is 24.1 Å². The molecule has 1 heterocycles. The Bertz CT molecular complexity index is 1300. The monoisotopic (exact) mass is 487 g/mol. The number of nitrogens with zero attached hydrogens (tertiary/aromatic N) is 1. The fourth-order valence-electron chi connectivity index (χ4n) is 3.93. The molecular weight excluding hydrogens is 462 g/mol. The van der Waals surface area contributed by atoms with Gasteiger partial charge in [-0.25, -0.2) is 0 Å². The first-order valence-electron chi connectivity index (χ1n) is 11.4. The summed E-state index contributed by atoms with van der Waals surface area (Å²) < 4.78 is 5.32. The Balaban J connectivity index is 1.34. The normalized spacial score (nSPS) is 12.3. The summed E-state index contributed by atoms with van der Waals surface area (Å²) in [5.41, 5.74) is 1.96. The number of carbonyl (C=O) groups excluding carboxylic acids is 4. The predicted molar refractivity (Wildman–Crippen MR) is 131 cm³/mol. The minimum atomic E-state index is -0.379. The topological polar surface area (TPSA) is 125 Å². The lowest BCUT2D eigenvalue weighted by molar-refractivity contribution is 0.0641. The number of phenolic OH excluding ortho intramolecular Hbond substituents is 1. The van der Waals surface area contributed by atoms with Gasteiger partial charge in [0.2, 0.25) is 0 Å². The van der Waals surface area contributed by atoms with E-state index in [1.165, 1.54) is 19.2 Å². The molecule has 0 saturated carbocycles. The summed E-state index contributed by atoms with van der Waals surface area (Å²) in [5, 5.41) is 15.0. The van der Waals surface area contributed by atoms with Crippen molar-refractivity contribution in [2.24, 2.45) is 0 Å². The van der Waals surface area contributed by atoms with Crippen molar-refractivity contribution in [1.29, 1.82) is 0 Å². The number of amides is 4. The highest BCUT2D eigenvalue weighted by molar-refractivity contribution is 6.21. The van der Waals surface area contributed by atoms with Crippen molar-refractivity contribution in [2.45, 2.75) is 13.0 Å². The van der Waals surface area contributed by atoms with Gasteiger partial charge in [0.05, 0.1) is 30.3 Å². The molecule has 3 aromatic carbocycles. The van der Waals surface area contributed by atoms with Gasteiger partial charge in [0, 0.05) is 18.7 Å². The second-order valence-corrected chi connectivity index (χ2v) is 8.19. The Morgan fingerprint density at radius 2 is 1.53 bits per heavy atom. The average Bonchev–Trinajstić information content (AvgIpc) is 3.13. The number of ether oxygens (including phenoxy) is 1. The highest BCUT2D eigenvalue weighted by atomic mass is 16.5. The summed E-state index contributed by atoms with van der Waals surface area (Å²) in [7, 11) is 1.45. The molecule has 0 fully saturated rings. The van der Waals surface area contributed by atoms with Gasteiger partial charge in [0.25, 0.3) is 23.6 Å². The Kier molecular flexibility index (Phi) is 7.29. The summed E-state index contributed by atoms with van der Waals surface area (Å²) in [5.74, 6) is -1.07. The van der Waals surface area contributed by atoms with Gasteiger partial charge >= 0.3 is 0 Å². The lowest BCUT2D eigenvalue weighted by Crippen LogP contribution is -2.31. The number of rotatable bonds is 9. The minimum Gasteiger partial charge on any atom is -0.508 e. The van der Waals surface area contributed by atoms with Crippen LogP contribution in [0.5, 0.6) is 11.5 Å². The summed E-state index contributed by atoms with van der Waals surface area (Å²) in [4.78, 5) is 51.4. The first kappa shape index (κ1) is 24.5. The summed E-state index contributed by atoms with van der Waals surface area (Å²) >= 11 is 0. The van der Waals surface area contributed by atoms with Gasteiger partial charge < -0.3 is 20.5 Å². The summed E-state index contributed by atoms with van der Waals surface area (Å²) in [6, 6.07) is 17.6. The maximum absolute atomic E-state index is 12.8. The molecule has 0 atom stereocenters. The van der Waals surface area contributed by atoms with E-state index in [1.807, 2.05) is 0 Å². The molecule has 0 spiro atoms. The third-order valence-electron chi connectivity index (χ3n) is 5.76. The smallest absolute Gasteiger partial charge is 0.261 e. The molecule has 0 bridgehead atoms. The molecule has 4 rings (SSSR count). The fraction of sp³-hybridized carbons (Fsp3) is 0.185. The van der Waals surface area contributed by atoms with E-state index in [1.54, 1.807) is 54.6 Å². The zero-order valence-corrected chi connectivity index (χ0v) is 19.6. The molecule has 0 radical (unpaired) electrons. The number of aromatic hydroxyl groups is 1. The molecule has 0 saturated heterocycles. The van der Waals surface area contributed by atoms with E-state index in [0.717, 1.165) is 4.90 Å². The second-order valence-electron chi connectivity index (χ2n) is 8.19. The molecule has 3 N–H and O–H groups in total. The number of nitrogens with one attached hydrogen (secondary N) is 2. The molecule has 184 valence electrons. The van der Waals surface area contributed by atoms with Gasteiger partial charge in [-0.2, -0.15) is 0 Å². The predicted octanol–water partition coefficient (Wildman–Crippen LogP) is 2.75. The van der Waals surface area contributed by atoms with Crippen molar-refractivity contribution in [3.63, 3.8) is 0 Å². The number of hydrogen-bond donors (Lipinski definition) is 3. The molecule has 0 aromatic heterocycles. The number of methoxy groups -OCH3 is 1. The van der Waals surface area contributed by atoms with Crippen LogP contribution in [0.3, 0.4) is 0 Å². The van der Waals surface area contributed by atoms with E-state index in [4.69, 9.17) is 4.74 Å². The van der Waals surface area contributed by atoms with Crippen LogP contribution in [0.2, 0.25) is 0 Å². The van der Waals surface area contributed by atoms with Crippen molar-refractivity contribution in [1.82, 2.24) is 15.5 Å². The van der Waals surface area contributed by atoms with Crippen LogP contribution in [0, 0.1) is 0 Å². The highest BCUT2D eigenvalue weighted by Crippen LogP contribution is 2.26. The van der Waals surface area contributed by atoms with Crippen molar-refractivity contribution in [2.75, 3.05) is 20.2 Å². The van der Waals surface area contributed by atoms with Gasteiger partial charge in [-0.15, -0.1) is 0 Å². The average molecular weight is 488 g/mol. The standard InChI is InChI=1S/C27H25N3O6/c1-36-23-11-10-17(16-30-26(34)20-8-2-3-9-21(20)27(30)35)14-22(23)25(33)29-13-5-12-28-24(32)18-6-4-7-19(31)15-18/h2-4,6-11,14-15,31H,5,12-13,16H2,1H3,(H,28,32)(H,29,33). The fourth-order valence-corrected chi connectivity index (χ4v) is 3.93. The molecule has 0 unspecified atom stereocenters. The van der Waals surface area contributed by atoms with Crippen molar-refractivity contribution >= 4 is 23.6 Å². The van der Waals surface area contributed by atoms with Crippen LogP contribution in [0.1, 0.15) is 53.4 Å². The third kappa shape index (κ3) is 5.20. The molecule has 1 aliphatic heterocycles. The van der Waals surface area contributed by atoms with Crippen molar-refractivity contribution in [3.8, 4) is 11.5 Å². The molecular formula is C27H25N3O6. The van der Waals surface area contributed by atoms with E-state index in [9.17, 15) is 24.3 Å². The third-order valence-corrected chi connectivity index (χ3v) is 5.76. The van der Waals surface area contributed by atoms with Crippen LogP contribution >= 0.6 is 0 Å². The van der Waals surface area contributed by atoms with E-state index < -0.39 is 0 Å². The summed E-state index contributed by atoms with van der Waals surface area (Å²) in [6.45, 7) is 0.647. The molecule has 4 amide bonds. The number of fused-ring (bicyclic) bond motifs is 1. The first-order valence-corrected chi connectivity index (χ1v) is 11.4. The number of imide groups is 1. The van der Waals surface area contributed by atoms with Crippen LogP contribution in [-0.2, 0) is 6.54 Å². The molecule has 9 heteroatoms. The van der Waals surface area contributed by atoms with E-state index in [0.29, 0.717) is 47.5 Å². The number of benzene rings is 3. The minimum absolute atomic E-state index is 0.00842. The molecule has 9 nitrogen and oxygen atoms in total. The van der Waals surface area contributed by atoms with Crippen LogP contribution in [0.25, 0.3) is 0 Å². The quantitative estimate of drug-likeness (QED) is 0.315. The Hall–Kier alpha value is -4.66. The van der Waals surface area contributed by atoms with Crippen molar-refractivity contribution < 1.29 is 29.0 Å². The van der Waals surface area contributed by atoms with Crippen LogP contribution in [-0.4, -0.2) is 53.8 Å². The zero-order chi connectivity index (χ0) is 25.7. The van der Waals surface area contributed by atoms with E-state index in [-0.39, 0.29) is 41.5 Å². The van der Waals surface area contributed by atoms with Crippen molar-refractivity contribution in [3.05, 3.63) is 94.5 Å². The number of carbonyl (C=O) groups is 4. The molecule has 1 aliphatic rings. The van der Waals surface area contributed by atoms with Crippen LogP contribution in [0.4, 0.5) is 0 Å². The molecule has 36 heavy (non-hydrogen) atoms. The van der Waals surface area contributed by atoms with Crippen LogP contribution in [0.15, 0.2) is 66.7 Å². The van der Waals surface area contributed by atoms with Gasteiger partial charge in [0.1, 0.15) is 11.5 Å². The largest absolute Gasteiger partial charge is 0.508 e. The Labute approximate surface area is 207 Å². The van der Waals surface area contributed by atoms with Gasteiger partial charge in [0.15, 0.2) is 0 Å². The molecule has 0 aliphatic carbocycles. The first-order chi connectivity index (χ1) is 17.4. The number of hydrogen-bond acceptors (Lipinski definition) is 6. The van der Waals surface area contributed by atoms with Gasteiger partial charge in [-0.1, -0.05) is 24.3 Å². The molecule has 3 aromatic rings.